The van der Waals surface area contributed by atoms with Gasteiger partial charge in [-0.3, -0.25) is 61.8 Å². The Morgan fingerprint density at radius 2 is 1.55 bits per heavy atom. The third-order valence-electron chi connectivity index (χ3n) is 17.0. The summed E-state index contributed by atoms with van der Waals surface area (Å²) in [5.41, 5.74) is 6.75. The van der Waals surface area contributed by atoms with Crippen LogP contribution in [-0.4, -0.2) is 206 Å². The first kappa shape index (κ1) is 71.1. The largest absolute Gasteiger partial charge is 0.496 e. The minimum atomic E-state index is -2.41. The lowest BCUT2D eigenvalue weighted by Crippen LogP contribution is -2.60. The number of thioether (sulfide) groups is 1. The number of H-pyrrole nitrogens is 1. The number of benzene rings is 1. The van der Waals surface area contributed by atoms with E-state index in [-0.39, 0.29) is 52.9 Å². The summed E-state index contributed by atoms with van der Waals surface area (Å²) < 4.78 is 21.2. The molecule has 0 radical (unpaired) electrons. The number of aliphatic hydroxyl groups excluding tert-OH is 3. The average Bonchev–Trinajstić information content (AvgIpc) is 3.02. The molecule has 11 amide bonds. The molecule has 2 aromatic rings. The summed E-state index contributed by atoms with van der Waals surface area (Å²) in [6.45, 7) is 5.10. The number of amides is 11. The number of Topliss-reactive ketones (excluding diaryl/α,β-unsaturated/α-hetero) is 2. The number of primary amides is 1. The van der Waals surface area contributed by atoms with Crippen molar-refractivity contribution in [2.75, 3.05) is 64.5 Å². The van der Waals surface area contributed by atoms with Crippen LogP contribution in [0.1, 0.15) is 116 Å². The summed E-state index contributed by atoms with van der Waals surface area (Å²) in [7, 11) is -0.956. The van der Waals surface area contributed by atoms with Crippen molar-refractivity contribution in [2.24, 2.45) is 35.3 Å². The lowest BCUT2D eigenvalue weighted by atomic mass is 9.85. The van der Waals surface area contributed by atoms with E-state index in [0.29, 0.717) is 73.3 Å². The molecule has 5 heterocycles. The molecule has 13 N–H and O–H groups in total. The number of ether oxygens (including phenoxy) is 1. The Kier molecular flexibility index (Phi) is 26.9. The lowest BCUT2D eigenvalue weighted by molar-refractivity contribution is -0.144. The van der Waals surface area contributed by atoms with Gasteiger partial charge in [-0.05, 0) is 61.5 Å². The van der Waals surface area contributed by atoms with Crippen LogP contribution in [0.4, 0.5) is 4.79 Å². The molecule has 12 atom stereocenters. The maximum absolute atomic E-state index is 15.3. The highest BCUT2D eigenvalue weighted by atomic mass is 32.2. The Hall–Kier alpha value is -7.02. The highest BCUT2D eigenvalue weighted by Crippen LogP contribution is 2.37. The van der Waals surface area contributed by atoms with Crippen LogP contribution in [0.15, 0.2) is 17.2 Å². The molecule has 2 bridgehead atoms. The fourth-order valence-corrected chi connectivity index (χ4v) is 13.9. The van der Waals surface area contributed by atoms with Gasteiger partial charge in [-0.2, -0.15) is 11.8 Å². The van der Waals surface area contributed by atoms with Crippen molar-refractivity contribution in [3.8, 4) is 5.75 Å². The number of aromatic amines is 1. The van der Waals surface area contributed by atoms with E-state index in [1.54, 1.807) is 32.9 Å². The maximum Gasteiger partial charge on any atom is 0.314 e. The van der Waals surface area contributed by atoms with E-state index in [1.807, 2.05) is 0 Å². The summed E-state index contributed by atoms with van der Waals surface area (Å²) in [6, 6.07) is -3.96. The number of nitrogens with one attached hydrogen (secondary N) is 8. The highest BCUT2D eigenvalue weighted by molar-refractivity contribution is 7.98. The number of aliphatic hydroxyl groups is 3. The molecule has 6 rings (SSSR count). The molecular formula is C59H87N11O17S2. The summed E-state index contributed by atoms with van der Waals surface area (Å²) in [6.07, 6.45) is -0.779. The Balaban J connectivity index is 1.33. The molecule has 1 aromatic carbocycles. The topological polar surface area (TPSA) is 424 Å². The second-order valence-electron chi connectivity index (χ2n) is 23.5. The molecule has 4 aliphatic heterocycles. The minimum absolute atomic E-state index is 0.0840. The van der Waals surface area contributed by atoms with Gasteiger partial charge >= 0.3 is 6.03 Å². The van der Waals surface area contributed by atoms with Gasteiger partial charge in [-0.15, -0.1) is 0 Å². The number of imide groups is 1. The van der Waals surface area contributed by atoms with Crippen LogP contribution in [-0.2, 0) is 75.7 Å². The second-order valence-corrected chi connectivity index (χ2v) is 26.1. The predicted molar refractivity (Wildman–Crippen MR) is 325 cm³/mol. The zero-order valence-corrected chi connectivity index (χ0v) is 52.7. The number of nitrogens with two attached hydrogens (primary N) is 1. The molecular weight excluding hydrogens is 1200 g/mol. The minimum Gasteiger partial charge on any atom is -0.496 e. The van der Waals surface area contributed by atoms with Gasteiger partial charge in [-0.1, -0.05) is 47.0 Å². The van der Waals surface area contributed by atoms with E-state index in [0.717, 1.165) is 24.2 Å². The number of urea groups is 1. The van der Waals surface area contributed by atoms with Crippen LogP contribution >= 0.6 is 11.8 Å². The SMILES string of the molecule is CC[C@H](C)[C@@H]1CC(=O)CNC(=O)[C@H]2CC(=O)[C@H]([C@@H](C)[C@@H](O)CO)NC(=O)[C@@H]3C[C@@H](O)CN3C(=O)[C@H](CC(N)=O)NC(=O)[C@H](CS(=O)c3[nH]c4c(CSCCCCNC(=O)NCCCCCCN5C(=O)CC(C)C5=O)c(OC)ccc4c3C2)NC(=O)CNC1=O. The van der Waals surface area contributed by atoms with Crippen LogP contribution in [0.3, 0.4) is 0 Å². The molecule has 1 aromatic heterocycles. The van der Waals surface area contributed by atoms with Gasteiger partial charge in [0.05, 0.1) is 73.5 Å². The molecule has 2 unspecified atom stereocenters. The Bertz CT molecular complexity index is 2980. The monoisotopic (exact) mass is 1290 g/mol. The maximum atomic E-state index is 15.3. The molecule has 89 heavy (non-hydrogen) atoms. The number of rotatable bonds is 22. The van der Waals surface area contributed by atoms with Crippen molar-refractivity contribution in [3.05, 3.63) is 23.3 Å². The molecule has 2 fully saturated rings. The first-order chi connectivity index (χ1) is 42.4. The second kappa shape index (κ2) is 33.7. The number of hydrogen-bond donors (Lipinski definition) is 12. The number of carbonyl (C=O) groups excluding carboxylic acids is 12. The Morgan fingerprint density at radius 1 is 0.854 bits per heavy atom. The number of likely N-dealkylation sites (tertiary alicyclic amines) is 1. The summed E-state index contributed by atoms with van der Waals surface area (Å²) in [4.78, 5) is 170. The summed E-state index contributed by atoms with van der Waals surface area (Å²) in [5.74, 6) is -12.5. The lowest BCUT2D eigenvalue weighted by Gasteiger charge is -2.32. The van der Waals surface area contributed by atoms with Crippen molar-refractivity contribution in [2.45, 2.75) is 158 Å². The Labute approximate surface area is 523 Å². The van der Waals surface area contributed by atoms with Crippen LogP contribution in [0.5, 0.6) is 5.75 Å². The van der Waals surface area contributed by atoms with Gasteiger partial charge in [0.25, 0.3) is 0 Å². The van der Waals surface area contributed by atoms with Crippen molar-refractivity contribution >= 4 is 104 Å². The smallest absolute Gasteiger partial charge is 0.314 e. The van der Waals surface area contributed by atoms with Crippen LogP contribution in [0, 0.1) is 29.6 Å². The van der Waals surface area contributed by atoms with Crippen molar-refractivity contribution < 1.29 is 81.8 Å². The first-order valence-corrected chi connectivity index (χ1v) is 32.9. The number of fused-ring (bicyclic) bond motifs is 5. The van der Waals surface area contributed by atoms with Crippen molar-refractivity contribution in [3.63, 3.8) is 0 Å². The highest BCUT2D eigenvalue weighted by Gasteiger charge is 2.45. The van der Waals surface area contributed by atoms with Gasteiger partial charge in [0.2, 0.25) is 53.2 Å². The molecule has 0 saturated carbocycles. The van der Waals surface area contributed by atoms with E-state index >= 15 is 4.21 Å². The summed E-state index contributed by atoms with van der Waals surface area (Å²) >= 11 is 1.51. The van der Waals surface area contributed by atoms with Gasteiger partial charge in [0, 0.05) is 92.2 Å². The number of aromatic nitrogens is 1. The average molecular weight is 1290 g/mol. The number of nitrogens with zero attached hydrogens (tertiary/aromatic N) is 2. The fourth-order valence-electron chi connectivity index (χ4n) is 11.5. The summed E-state index contributed by atoms with van der Waals surface area (Å²) in [5, 5.41) is 50.6. The quantitative estimate of drug-likeness (QED) is 0.0488. The molecule has 4 aliphatic rings. The molecule has 28 nitrogen and oxygen atoms in total. The number of ketones is 2. The Morgan fingerprint density at radius 3 is 2.21 bits per heavy atom. The predicted octanol–water partition coefficient (Wildman–Crippen LogP) is -1.17. The van der Waals surface area contributed by atoms with Gasteiger partial charge in [0.15, 0.2) is 11.6 Å². The third kappa shape index (κ3) is 19.3. The van der Waals surface area contributed by atoms with Crippen molar-refractivity contribution in [1.82, 2.24) is 52.0 Å². The van der Waals surface area contributed by atoms with Crippen molar-refractivity contribution in [1.29, 1.82) is 0 Å². The molecule has 492 valence electrons. The van der Waals surface area contributed by atoms with Crippen LogP contribution in [0.25, 0.3) is 10.9 Å². The van der Waals surface area contributed by atoms with E-state index in [2.05, 4.69) is 42.2 Å². The zero-order valence-electron chi connectivity index (χ0n) is 51.1. The van der Waals surface area contributed by atoms with E-state index in [1.165, 1.54) is 30.7 Å². The zero-order chi connectivity index (χ0) is 65.2. The van der Waals surface area contributed by atoms with Gasteiger partial charge in [0.1, 0.15) is 28.9 Å². The number of carbonyl (C=O) groups is 12. The standard InChI is InChI=1S/C59H87N11O17S2/c1-6-31(2)38-22-35(72)25-63-52(79)34-20-39-37-13-14-46(87-5)40(29-88-18-12-10-16-62-59(85)61-15-9-7-8-11-17-69-49(78)19-32(3)57(69)83)51(37)68-56(39)89(86)30-42(65-48(77)26-64-53(38)80)54(81)66-41(24-47(60)76)58(84)70-27-36(73)23-43(70)55(82)67-50(44(74)21-34)33(4)45(75)28-71/h13-14,31-34,36,38,41-43,45,50,68,71,73,75H,6-12,15-30H2,1-5H3,(H2,60,76)(H,63,79)(H,64,80)(H,65,77)(H,66,81)(H,67,82)(H2,61,62,85)/t31-,32?,33-,34+,36+,38-,41-,42-,43-,45-,50-,89?/m0/s1. The molecule has 0 aliphatic carbocycles. The third-order valence-corrected chi connectivity index (χ3v) is 19.5. The van der Waals surface area contributed by atoms with E-state index in [4.69, 9.17) is 10.5 Å². The number of unbranched alkanes of at least 4 members (excludes halogenated alkanes) is 4. The van der Waals surface area contributed by atoms with E-state index < -0.39 is 181 Å². The normalized spacial score (nSPS) is 25.7. The van der Waals surface area contributed by atoms with Crippen LogP contribution in [0.2, 0.25) is 0 Å². The van der Waals surface area contributed by atoms with Gasteiger partial charge < -0.3 is 72.9 Å². The van der Waals surface area contributed by atoms with Crippen LogP contribution < -0.4 is 47.7 Å². The number of hydrogen-bond acceptors (Lipinski definition) is 18. The molecule has 2 saturated heterocycles. The van der Waals surface area contributed by atoms with Gasteiger partial charge in [-0.25, -0.2) is 4.79 Å². The first-order valence-electron chi connectivity index (χ1n) is 30.5. The number of methoxy groups -OCH3 is 1. The molecule has 0 spiro atoms. The fraction of sp³-hybridized carbons (Fsp3) is 0.661. The van der Waals surface area contributed by atoms with E-state index in [9.17, 15) is 72.9 Å². The molecule has 30 heteroatoms.